The second kappa shape index (κ2) is 5.68. The summed E-state index contributed by atoms with van der Waals surface area (Å²) in [6.45, 7) is 2.43. The van der Waals surface area contributed by atoms with Gasteiger partial charge < -0.3 is 5.32 Å². The van der Waals surface area contributed by atoms with Gasteiger partial charge in [0.15, 0.2) is 9.84 Å². The van der Waals surface area contributed by atoms with Gasteiger partial charge in [0, 0.05) is 12.5 Å². The number of hydrogen-bond donors (Lipinski definition) is 1. The van der Waals surface area contributed by atoms with Crippen LogP contribution in [0.25, 0.3) is 0 Å². The summed E-state index contributed by atoms with van der Waals surface area (Å²) in [5.41, 5.74) is 0. The van der Waals surface area contributed by atoms with Gasteiger partial charge in [0.05, 0.1) is 18.1 Å². The quantitative estimate of drug-likeness (QED) is 0.795. The molecule has 7 nitrogen and oxygen atoms in total. The van der Waals surface area contributed by atoms with Crippen molar-refractivity contribution in [3.8, 4) is 0 Å². The number of hydrogen-bond acceptors (Lipinski definition) is 5. The largest absolute Gasteiger partial charge is 0.352 e. The second-order valence-electron chi connectivity index (χ2n) is 5.06. The predicted molar refractivity (Wildman–Crippen MR) is 69.0 cm³/mol. The molecule has 1 aliphatic rings. The van der Waals surface area contributed by atoms with Gasteiger partial charge in [0.25, 0.3) is 0 Å². The summed E-state index contributed by atoms with van der Waals surface area (Å²) < 4.78 is 24.3. The van der Waals surface area contributed by atoms with E-state index >= 15 is 0 Å². The molecule has 2 rings (SSSR count). The molecule has 1 fully saturated rings. The van der Waals surface area contributed by atoms with E-state index in [1.54, 1.807) is 11.0 Å². The fourth-order valence-corrected chi connectivity index (χ4v) is 4.14. The van der Waals surface area contributed by atoms with Crippen molar-refractivity contribution < 1.29 is 13.2 Å². The van der Waals surface area contributed by atoms with Crippen LogP contribution in [0.3, 0.4) is 0 Å². The number of carbonyl (C=O) groups excluding carboxylic acids is 1. The lowest BCUT2D eigenvalue weighted by atomic mass is 10.0. The number of amides is 1. The summed E-state index contributed by atoms with van der Waals surface area (Å²) >= 11 is 0. The van der Waals surface area contributed by atoms with Crippen molar-refractivity contribution in [2.24, 2.45) is 5.92 Å². The number of nitrogens with zero attached hydrogens (tertiary/aromatic N) is 3. The van der Waals surface area contributed by atoms with E-state index < -0.39 is 9.84 Å². The molecular weight excluding hydrogens is 268 g/mol. The van der Waals surface area contributed by atoms with Crippen LogP contribution in [0.1, 0.15) is 19.8 Å². The topological polar surface area (TPSA) is 93.9 Å². The van der Waals surface area contributed by atoms with E-state index in [4.69, 9.17) is 0 Å². The number of nitrogens with one attached hydrogen (secondary N) is 1. The number of carbonyl (C=O) groups is 1. The highest BCUT2D eigenvalue weighted by molar-refractivity contribution is 7.91. The smallest absolute Gasteiger partial charge is 0.220 e. The Balaban J connectivity index is 1.75. The summed E-state index contributed by atoms with van der Waals surface area (Å²) in [5, 5.41) is 6.81. The van der Waals surface area contributed by atoms with Crippen LogP contribution in [0.4, 0.5) is 0 Å². The van der Waals surface area contributed by atoms with Crippen molar-refractivity contribution in [3.05, 3.63) is 12.7 Å². The van der Waals surface area contributed by atoms with Crippen LogP contribution in [-0.4, -0.2) is 46.6 Å². The van der Waals surface area contributed by atoms with Crippen LogP contribution in [0, 0.1) is 5.92 Å². The molecule has 2 heterocycles. The van der Waals surface area contributed by atoms with E-state index in [0.717, 1.165) is 0 Å². The third-order valence-electron chi connectivity index (χ3n) is 3.14. The monoisotopic (exact) mass is 286 g/mol. The standard InChI is InChI=1S/C11H18N4O3S/c1-9(5-15-8-12-7-13-15)14-11(16)4-10-2-3-19(17,18)6-10/h7-10H,2-6H2,1H3,(H,14,16). The first-order valence-electron chi connectivity index (χ1n) is 6.27. The van der Waals surface area contributed by atoms with Crippen LogP contribution in [0.15, 0.2) is 12.7 Å². The van der Waals surface area contributed by atoms with Gasteiger partial charge in [-0.05, 0) is 19.3 Å². The average Bonchev–Trinajstić information content (AvgIpc) is 2.88. The van der Waals surface area contributed by atoms with Gasteiger partial charge in [-0.25, -0.2) is 13.4 Å². The molecule has 1 aliphatic heterocycles. The molecule has 1 aromatic rings. The van der Waals surface area contributed by atoms with Gasteiger partial charge in [-0.1, -0.05) is 0 Å². The summed E-state index contributed by atoms with van der Waals surface area (Å²) in [5.74, 6) is 0.204. The third kappa shape index (κ3) is 4.30. The molecular formula is C11H18N4O3S. The van der Waals surface area contributed by atoms with E-state index in [-0.39, 0.29) is 35.8 Å². The Morgan fingerprint density at radius 1 is 1.58 bits per heavy atom. The molecule has 8 heteroatoms. The Morgan fingerprint density at radius 2 is 2.37 bits per heavy atom. The third-order valence-corrected chi connectivity index (χ3v) is 4.97. The molecule has 0 radical (unpaired) electrons. The fourth-order valence-electron chi connectivity index (χ4n) is 2.28. The Hall–Kier alpha value is -1.44. The minimum Gasteiger partial charge on any atom is -0.352 e. The maximum Gasteiger partial charge on any atom is 0.220 e. The molecule has 0 saturated carbocycles. The summed E-state index contributed by atoms with van der Waals surface area (Å²) in [7, 11) is -2.91. The van der Waals surface area contributed by atoms with E-state index in [2.05, 4.69) is 15.4 Å². The molecule has 19 heavy (non-hydrogen) atoms. The summed E-state index contributed by atoms with van der Waals surface area (Å²) in [6.07, 6.45) is 3.90. The van der Waals surface area contributed by atoms with Gasteiger partial charge in [-0.3, -0.25) is 9.48 Å². The molecule has 1 N–H and O–H groups in total. The first-order chi connectivity index (χ1) is 8.94. The van der Waals surface area contributed by atoms with Crippen LogP contribution >= 0.6 is 0 Å². The van der Waals surface area contributed by atoms with E-state index in [9.17, 15) is 13.2 Å². The van der Waals surface area contributed by atoms with Crippen molar-refractivity contribution in [2.75, 3.05) is 11.5 Å². The minimum absolute atomic E-state index is 0.0384. The highest BCUT2D eigenvalue weighted by atomic mass is 32.2. The maximum atomic E-state index is 11.8. The van der Waals surface area contributed by atoms with Gasteiger partial charge in [-0.2, -0.15) is 5.10 Å². The van der Waals surface area contributed by atoms with Crippen LogP contribution in [0.5, 0.6) is 0 Å². The lowest BCUT2D eigenvalue weighted by Crippen LogP contribution is -2.36. The van der Waals surface area contributed by atoms with Crippen LogP contribution < -0.4 is 5.32 Å². The van der Waals surface area contributed by atoms with Crippen molar-refractivity contribution in [3.63, 3.8) is 0 Å². The van der Waals surface area contributed by atoms with Gasteiger partial charge in [-0.15, -0.1) is 0 Å². The first kappa shape index (κ1) is 14.0. The summed E-state index contributed by atoms with van der Waals surface area (Å²) in [6, 6.07) is -0.0628. The lowest BCUT2D eigenvalue weighted by Gasteiger charge is -2.15. The van der Waals surface area contributed by atoms with Gasteiger partial charge in [0.1, 0.15) is 12.7 Å². The Bertz CT molecular complexity index is 526. The number of rotatable bonds is 5. The Labute approximate surface area is 112 Å². The SMILES string of the molecule is CC(Cn1cncn1)NC(=O)CC1CCS(=O)(=O)C1. The average molecular weight is 286 g/mol. The molecule has 2 unspecified atom stereocenters. The first-order valence-corrected chi connectivity index (χ1v) is 8.09. The Kier molecular flexibility index (Phi) is 4.18. The minimum atomic E-state index is -2.91. The van der Waals surface area contributed by atoms with Crippen molar-refractivity contribution in [1.82, 2.24) is 20.1 Å². The van der Waals surface area contributed by atoms with E-state index in [1.165, 1.54) is 6.33 Å². The predicted octanol–water partition coefficient (Wildman–Crippen LogP) is -0.392. The van der Waals surface area contributed by atoms with Crippen molar-refractivity contribution >= 4 is 15.7 Å². The molecule has 1 amide bonds. The lowest BCUT2D eigenvalue weighted by molar-refractivity contribution is -0.122. The zero-order valence-corrected chi connectivity index (χ0v) is 11.6. The molecule has 1 aromatic heterocycles. The molecule has 0 spiro atoms. The van der Waals surface area contributed by atoms with Gasteiger partial charge in [0.2, 0.25) is 5.91 Å². The Morgan fingerprint density at radius 3 is 2.95 bits per heavy atom. The zero-order chi connectivity index (χ0) is 13.9. The molecule has 1 saturated heterocycles. The highest BCUT2D eigenvalue weighted by Gasteiger charge is 2.29. The number of aromatic nitrogens is 3. The van der Waals surface area contributed by atoms with E-state index in [1.807, 2.05) is 6.92 Å². The van der Waals surface area contributed by atoms with Crippen LogP contribution in [-0.2, 0) is 21.2 Å². The molecule has 0 bridgehead atoms. The van der Waals surface area contributed by atoms with Crippen molar-refractivity contribution in [2.45, 2.75) is 32.4 Å². The second-order valence-corrected chi connectivity index (χ2v) is 7.29. The fraction of sp³-hybridized carbons (Fsp3) is 0.727. The highest BCUT2D eigenvalue weighted by Crippen LogP contribution is 2.21. The van der Waals surface area contributed by atoms with Crippen molar-refractivity contribution in [1.29, 1.82) is 0 Å². The zero-order valence-electron chi connectivity index (χ0n) is 10.8. The molecule has 0 aromatic carbocycles. The molecule has 2 atom stereocenters. The number of sulfone groups is 1. The summed E-state index contributed by atoms with van der Waals surface area (Å²) in [4.78, 5) is 15.6. The normalized spacial score (nSPS) is 23.1. The maximum absolute atomic E-state index is 11.8. The molecule has 0 aliphatic carbocycles. The molecule has 106 valence electrons. The van der Waals surface area contributed by atoms with Gasteiger partial charge >= 0.3 is 0 Å². The van der Waals surface area contributed by atoms with E-state index in [0.29, 0.717) is 13.0 Å². The van der Waals surface area contributed by atoms with Crippen LogP contribution in [0.2, 0.25) is 0 Å².